The van der Waals surface area contributed by atoms with Crippen LogP contribution in [-0.4, -0.2) is 12.6 Å². The molecule has 2 nitrogen and oxygen atoms in total. The van der Waals surface area contributed by atoms with Gasteiger partial charge in [-0.15, -0.1) is 0 Å². The topological polar surface area (TPSA) is 26.3 Å². The number of hydrogen-bond donors (Lipinski definition) is 0. The van der Waals surface area contributed by atoms with Crippen molar-refractivity contribution in [1.82, 2.24) is 0 Å². The van der Waals surface area contributed by atoms with E-state index in [4.69, 9.17) is 4.74 Å². The summed E-state index contributed by atoms with van der Waals surface area (Å²) in [5, 5.41) is 0. The van der Waals surface area contributed by atoms with E-state index in [9.17, 15) is 4.79 Å². The molecular weight excluding hydrogens is 200 g/mol. The number of rotatable bonds is 8. The monoisotopic (exact) mass is 226 g/mol. The fraction of sp³-hybridized carbons (Fsp3) is 0.929. The molecule has 0 heterocycles. The first-order valence-electron chi connectivity index (χ1n) is 6.92. The maximum absolute atomic E-state index is 11.8. The minimum Gasteiger partial charge on any atom is -0.465 e. The molecule has 1 fully saturated rings. The molecule has 0 amide bonds. The van der Waals surface area contributed by atoms with E-state index in [1.807, 2.05) is 0 Å². The molecule has 16 heavy (non-hydrogen) atoms. The Kier molecular flexibility index (Phi) is 5.86. The third-order valence-corrected chi connectivity index (χ3v) is 3.59. The third kappa shape index (κ3) is 3.50. The molecule has 2 unspecified atom stereocenters. The summed E-state index contributed by atoms with van der Waals surface area (Å²) in [5.74, 6) is 1.56. The van der Waals surface area contributed by atoms with E-state index in [1.54, 1.807) is 0 Å². The summed E-state index contributed by atoms with van der Waals surface area (Å²) in [6, 6.07) is 0. The van der Waals surface area contributed by atoms with Crippen molar-refractivity contribution in [3.63, 3.8) is 0 Å². The first-order valence-corrected chi connectivity index (χ1v) is 6.92. The molecule has 0 aromatic carbocycles. The van der Waals surface area contributed by atoms with Crippen LogP contribution < -0.4 is 0 Å². The van der Waals surface area contributed by atoms with Gasteiger partial charge in [0.25, 0.3) is 0 Å². The van der Waals surface area contributed by atoms with Gasteiger partial charge in [0.05, 0.1) is 12.5 Å². The van der Waals surface area contributed by atoms with Crippen molar-refractivity contribution in [3.05, 3.63) is 0 Å². The van der Waals surface area contributed by atoms with Crippen molar-refractivity contribution in [2.45, 2.75) is 59.3 Å². The van der Waals surface area contributed by atoms with Crippen molar-refractivity contribution in [2.75, 3.05) is 6.61 Å². The molecule has 1 rings (SSSR count). The van der Waals surface area contributed by atoms with Crippen LogP contribution in [0.3, 0.4) is 0 Å². The van der Waals surface area contributed by atoms with Gasteiger partial charge in [-0.1, -0.05) is 40.0 Å². The molecule has 1 saturated carbocycles. The van der Waals surface area contributed by atoms with Crippen molar-refractivity contribution in [2.24, 2.45) is 17.8 Å². The Balaban J connectivity index is 2.31. The van der Waals surface area contributed by atoms with E-state index >= 15 is 0 Å². The molecule has 0 radical (unpaired) electrons. The lowest BCUT2D eigenvalue weighted by molar-refractivity contribution is -0.146. The summed E-state index contributed by atoms with van der Waals surface area (Å²) in [5.41, 5.74) is 0. The van der Waals surface area contributed by atoms with E-state index in [2.05, 4.69) is 20.8 Å². The van der Waals surface area contributed by atoms with Crippen molar-refractivity contribution in [3.8, 4) is 0 Å². The van der Waals surface area contributed by atoms with Gasteiger partial charge in [-0.05, 0) is 31.1 Å². The molecule has 0 spiro atoms. The van der Waals surface area contributed by atoms with Crippen molar-refractivity contribution < 1.29 is 9.53 Å². The van der Waals surface area contributed by atoms with Gasteiger partial charge in [0, 0.05) is 0 Å². The van der Waals surface area contributed by atoms with E-state index < -0.39 is 0 Å². The normalized spacial score (nSPS) is 27.8. The van der Waals surface area contributed by atoms with Crippen LogP contribution in [0.2, 0.25) is 0 Å². The van der Waals surface area contributed by atoms with Gasteiger partial charge in [0.15, 0.2) is 0 Å². The summed E-state index contributed by atoms with van der Waals surface area (Å²) < 4.78 is 5.32. The lowest BCUT2D eigenvalue weighted by Crippen LogP contribution is -2.10. The summed E-state index contributed by atoms with van der Waals surface area (Å²) >= 11 is 0. The lowest BCUT2D eigenvalue weighted by Gasteiger charge is -2.02. The first-order chi connectivity index (χ1) is 7.76. The van der Waals surface area contributed by atoms with Gasteiger partial charge >= 0.3 is 5.97 Å². The summed E-state index contributed by atoms with van der Waals surface area (Å²) in [7, 11) is 0. The van der Waals surface area contributed by atoms with E-state index in [1.165, 1.54) is 25.7 Å². The largest absolute Gasteiger partial charge is 0.465 e. The molecule has 0 saturated heterocycles. The van der Waals surface area contributed by atoms with Crippen LogP contribution >= 0.6 is 0 Å². The zero-order chi connectivity index (χ0) is 12.0. The Morgan fingerprint density at radius 1 is 1.00 bits per heavy atom. The maximum atomic E-state index is 11.8. The minimum absolute atomic E-state index is 0.0744. The molecule has 0 aromatic rings. The number of unbranched alkanes of at least 4 members (excludes halogenated alkanes) is 1. The molecule has 0 aromatic heterocycles. The van der Waals surface area contributed by atoms with Crippen molar-refractivity contribution in [1.29, 1.82) is 0 Å². The molecule has 0 N–H and O–H groups in total. The van der Waals surface area contributed by atoms with Gasteiger partial charge in [-0.3, -0.25) is 4.79 Å². The highest BCUT2D eigenvalue weighted by Gasteiger charge is 2.53. The molecule has 0 bridgehead atoms. The lowest BCUT2D eigenvalue weighted by atomic mass is 10.1. The Hall–Kier alpha value is -0.530. The van der Waals surface area contributed by atoms with Gasteiger partial charge in [-0.25, -0.2) is 0 Å². The Morgan fingerprint density at radius 3 is 2.00 bits per heavy atom. The molecule has 1 aliphatic rings. The van der Waals surface area contributed by atoms with Crippen LogP contribution in [0.25, 0.3) is 0 Å². The number of ether oxygens (including phenoxy) is 1. The Labute approximate surface area is 99.8 Å². The zero-order valence-corrected chi connectivity index (χ0v) is 11.0. The SMILES string of the molecule is CCCCOC(=O)C1C(CCC)C1CCC. The van der Waals surface area contributed by atoms with Crippen LogP contribution in [0.4, 0.5) is 0 Å². The van der Waals surface area contributed by atoms with E-state index in [-0.39, 0.29) is 11.9 Å². The molecular formula is C14H26O2. The van der Waals surface area contributed by atoms with Crippen LogP contribution in [0, 0.1) is 17.8 Å². The second-order valence-corrected chi connectivity index (χ2v) is 4.95. The fourth-order valence-corrected chi connectivity index (χ4v) is 2.66. The summed E-state index contributed by atoms with van der Waals surface area (Å²) in [6.07, 6.45) is 6.84. The second kappa shape index (κ2) is 6.93. The molecule has 2 atom stereocenters. The number of carbonyl (C=O) groups excluding carboxylic acids is 1. The van der Waals surface area contributed by atoms with E-state index in [0.717, 1.165) is 12.8 Å². The number of hydrogen-bond acceptors (Lipinski definition) is 2. The highest BCUT2D eigenvalue weighted by molar-refractivity contribution is 5.76. The molecule has 2 heteroatoms. The molecule has 94 valence electrons. The predicted octanol–water partition coefficient (Wildman–Crippen LogP) is 3.79. The van der Waals surface area contributed by atoms with Gasteiger partial charge in [0.1, 0.15) is 0 Å². The summed E-state index contributed by atoms with van der Waals surface area (Å²) in [6.45, 7) is 7.12. The average molecular weight is 226 g/mol. The first kappa shape index (κ1) is 13.5. The van der Waals surface area contributed by atoms with Crippen molar-refractivity contribution >= 4 is 5.97 Å². The highest BCUT2D eigenvalue weighted by atomic mass is 16.5. The number of esters is 1. The Bertz CT molecular complexity index is 201. The number of carbonyl (C=O) groups is 1. The van der Waals surface area contributed by atoms with E-state index in [0.29, 0.717) is 18.4 Å². The predicted molar refractivity (Wildman–Crippen MR) is 66.2 cm³/mol. The van der Waals surface area contributed by atoms with Gasteiger partial charge in [0.2, 0.25) is 0 Å². The Morgan fingerprint density at radius 2 is 1.56 bits per heavy atom. The van der Waals surface area contributed by atoms with Gasteiger partial charge in [-0.2, -0.15) is 0 Å². The maximum Gasteiger partial charge on any atom is 0.309 e. The van der Waals surface area contributed by atoms with Gasteiger partial charge < -0.3 is 4.74 Å². The summed E-state index contributed by atoms with van der Waals surface area (Å²) in [4.78, 5) is 11.8. The zero-order valence-electron chi connectivity index (χ0n) is 11.0. The van der Waals surface area contributed by atoms with Crippen LogP contribution in [-0.2, 0) is 9.53 Å². The van der Waals surface area contributed by atoms with Crippen LogP contribution in [0.5, 0.6) is 0 Å². The fourth-order valence-electron chi connectivity index (χ4n) is 2.66. The highest BCUT2D eigenvalue weighted by Crippen LogP contribution is 2.52. The van der Waals surface area contributed by atoms with Crippen LogP contribution in [0.1, 0.15) is 59.3 Å². The quantitative estimate of drug-likeness (QED) is 0.465. The second-order valence-electron chi connectivity index (χ2n) is 4.95. The molecule has 0 aliphatic heterocycles. The third-order valence-electron chi connectivity index (χ3n) is 3.59. The standard InChI is InChI=1S/C14H26O2/c1-4-7-10-16-14(15)13-11(8-5-2)12(13)9-6-3/h11-13H,4-10H2,1-3H3. The smallest absolute Gasteiger partial charge is 0.309 e. The molecule has 1 aliphatic carbocycles. The van der Waals surface area contributed by atoms with Crippen LogP contribution in [0.15, 0.2) is 0 Å². The average Bonchev–Trinajstić information content (AvgIpc) is 2.93. The minimum atomic E-state index is 0.0744.